The molecule has 0 saturated heterocycles. The molecule has 1 aromatic carbocycles. The van der Waals surface area contributed by atoms with Gasteiger partial charge in [-0.05, 0) is 18.6 Å². The maximum absolute atomic E-state index is 12.7. The molecule has 5 rings (SSSR count). The Hall–Kier alpha value is -3.75. The Morgan fingerprint density at radius 2 is 2.11 bits per heavy atom. The molecular formula is C19H17N7O2. The zero-order valence-corrected chi connectivity index (χ0v) is 15.1. The molecule has 4 aromatic rings. The smallest absolute Gasteiger partial charge is 0.238 e. The third kappa shape index (κ3) is 2.59. The maximum Gasteiger partial charge on any atom is 0.238 e. The number of hydrogen-bond donors (Lipinski definition) is 1. The molecule has 9 nitrogen and oxygen atoms in total. The molecule has 1 aliphatic rings. The van der Waals surface area contributed by atoms with Gasteiger partial charge in [-0.25, -0.2) is 19.2 Å². The lowest BCUT2D eigenvalue weighted by atomic mass is 9.95. The average molecular weight is 375 g/mol. The van der Waals surface area contributed by atoms with E-state index in [9.17, 15) is 4.79 Å². The lowest BCUT2D eigenvalue weighted by Gasteiger charge is -2.10. The first-order chi connectivity index (χ1) is 13.7. The molecule has 1 aliphatic heterocycles. The number of carbonyl (C=O) groups excluding carboxylic acids is 1. The number of benzene rings is 1. The molecule has 3 aromatic heterocycles. The number of amides is 1. The highest BCUT2D eigenvalue weighted by molar-refractivity contribution is 6.05. The van der Waals surface area contributed by atoms with Crippen molar-refractivity contribution < 1.29 is 9.53 Å². The van der Waals surface area contributed by atoms with Crippen molar-refractivity contribution in [2.45, 2.75) is 19.4 Å². The average Bonchev–Trinajstić information content (AvgIpc) is 3.40. The molecule has 140 valence electrons. The Morgan fingerprint density at radius 1 is 1.21 bits per heavy atom. The van der Waals surface area contributed by atoms with E-state index in [2.05, 4.69) is 25.5 Å². The molecule has 0 fully saturated rings. The summed E-state index contributed by atoms with van der Waals surface area (Å²) in [5.74, 6) is 0.142. The largest absolute Gasteiger partial charge is 0.490 e. The van der Waals surface area contributed by atoms with Crippen molar-refractivity contribution in [2.24, 2.45) is 0 Å². The van der Waals surface area contributed by atoms with Gasteiger partial charge in [-0.2, -0.15) is 10.2 Å². The van der Waals surface area contributed by atoms with Crippen LogP contribution in [0.15, 0.2) is 49.4 Å². The normalized spacial score (nSPS) is 15.6. The van der Waals surface area contributed by atoms with Crippen molar-refractivity contribution in [3.8, 4) is 5.75 Å². The van der Waals surface area contributed by atoms with E-state index in [-0.39, 0.29) is 5.91 Å². The molecule has 0 saturated carbocycles. The molecule has 28 heavy (non-hydrogen) atoms. The Kier molecular flexibility index (Phi) is 3.78. The van der Waals surface area contributed by atoms with Gasteiger partial charge >= 0.3 is 0 Å². The molecule has 1 atom stereocenters. The number of anilines is 1. The summed E-state index contributed by atoms with van der Waals surface area (Å²) >= 11 is 0. The van der Waals surface area contributed by atoms with Gasteiger partial charge in [-0.15, -0.1) is 0 Å². The van der Waals surface area contributed by atoms with Crippen LogP contribution in [0.5, 0.6) is 5.75 Å². The monoisotopic (exact) mass is 375 g/mol. The number of nitrogens with one attached hydrogen (secondary N) is 1. The predicted octanol–water partition coefficient (Wildman–Crippen LogP) is 1.79. The standard InChI is InChI=1S/C19H17N7O2/c1-12-15(28-7-6-25-11-20-9-22-25)8-26-18(12)17(21-10-23-26)16-13-4-2-3-5-14(13)24-19(16)27/h2-5,8-11,16H,6-7H2,1H3,(H,24,27). The summed E-state index contributed by atoms with van der Waals surface area (Å²) in [5, 5.41) is 11.3. The van der Waals surface area contributed by atoms with Gasteiger partial charge < -0.3 is 10.1 Å². The first-order valence-electron chi connectivity index (χ1n) is 8.90. The van der Waals surface area contributed by atoms with Crippen molar-refractivity contribution in [1.82, 2.24) is 29.4 Å². The van der Waals surface area contributed by atoms with E-state index in [0.717, 1.165) is 22.3 Å². The van der Waals surface area contributed by atoms with Crippen LogP contribution >= 0.6 is 0 Å². The minimum atomic E-state index is -0.474. The fourth-order valence-corrected chi connectivity index (χ4v) is 3.60. The van der Waals surface area contributed by atoms with Crippen LogP contribution in [0.4, 0.5) is 5.69 Å². The van der Waals surface area contributed by atoms with Crippen LogP contribution in [0.3, 0.4) is 0 Å². The number of carbonyl (C=O) groups is 1. The summed E-state index contributed by atoms with van der Waals surface area (Å²) in [7, 11) is 0. The molecule has 0 aliphatic carbocycles. The van der Waals surface area contributed by atoms with E-state index >= 15 is 0 Å². The highest BCUT2D eigenvalue weighted by atomic mass is 16.5. The predicted molar refractivity (Wildman–Crippen MR) is 100 cm³/mol. The Morgan fingerprint density at radius 3 is 2.96 bits per heavy atom. The van der Waals surface area contributed by atoms with Gasteiger partial charge in [0, 0.05) is 11.3 Å². The molecule has 0 radical (unpaired) electrons. The van der Waals surface area contributed by atoms with Gasteiger partial charge in [-0.1, -0.05) is 18.2 Å². The van der Waals surface area contributed by atoms with Crippen LogP contribution in [-0.2, 0) is 11.3 Å². The number of aromatic nitrogens is 6. The van der Waals surface area contributed by atoms with Gasteiger partial charge in [0.25, 0.3) is 0 Å². The van der Waals surface area contributed by atoms with Crippen LogP contribution in [-0.4, -0.2) is 41.9 Å². The zero-order valence-electron chi connectivity index (χ0n) is 15.1. The molecule has 9 heteroatoms. The third-order valence-corrected chi connectivity index (χ3v) is 4.92. The molecule has 4 heterocycles. The fraction of sp³-hybridized carbons (Fsp3) is 0.211. The summed E-state index contributed by atoms with van der Waals surface area (Å²) < 4.78 is 9.35. The molecule has 0 bridgehead atoms. The van der Waals surface area contributed by atoms with E-state index in [1.165, 1.54) is 12.7 Å². The van der Waals surface area contributed by atoms with Crippen molar-refractivity contribution in [2.75, 3.05) is 11.9 Å². The van der Waals surface area contributed by atoms with Gasteiger partial charge in [0.1, 0.15) is 37.3 Å². The first-order valence-corrected chi connectivity index (χ1v) is 8.90. The Bertz CT molecular complexity index is 1170. The van der Waals surface area contributed by atoms with Gasteiger partial charge in [0.15, 0.2) is 0 Å². The second-order valence-electron chi connectivity index (χ2n) is 6.57. The van der Waals surface area contributed by atoms with E-state index in [0.29, 0.717) is 24.6 Å². The third-order valence-electron chi connectivity index (χ3n) is 4.92. The highest BCUT2D eigenvalue weighted by Crippen LogP contribution is 2.39. The molecule has 1 N–H and O–H groups in total. The number of nitrogens with zero attached hydrogens (tertiary/aromatic N) is 6. The van der Waals surface area contributed by atoms with Gasteiger partial charge in [0.2, 0.25) is 5.91 Å². The quantitative estimate of drug-likeness (QED) is 0.571. The molecule has 0 spiro atoms. The van der Waals surface area contributed by atoms with Crippen LogP contribution in [0.25, 0.3) is 5.52 Å². The van der Waals surface area contributed by atoms with Crippen LogP contribution in [0, 0.1) is 6.92 Å². The van der Waals surface area contributed by atoms with Crippen LogP contribution < -0.4 is 10.1 Å². The molecular weight excluding hydrogens is 358 g/mol. The van der Waals surface area contributed by atoms with Crippen LogP contribution in [0.1, 0.15) is 22.7 Å². The van der Waals surface area contributed by atoms with E-state index < -0.39 is 5.92 Å². The van der Waals surface area contributed by atoms with E-state index in [4.69, 9.17) is 4.74 Å². The van der Waals surface area contributed by atoms with E-state index in [1.54, 1.807) is 15.5 Å². The lowest BCUT2D eigenvalue weighted by molar-refractivity contribution is -0.116. The molecule has 1 unspecified atom stereocenters. The van der Waals surface area contributed by atoms with Crippen LogP contribution in [0.2, 0.25) is 0 Å². The topological polar surface area (TPSA) is 99.2 Å². The highest BCUT2D eigenvalue weighted by Gasteiger charge is 2.35. The lowest BCUT2D eigenvalue weighted by Crippen LogP contribution is -2.16. The Balaban J connectivity index is 1.51. The maximum atomic E-state index is 12.7. The number of para-hydroxylation sites is 1. The number of aryl methyl sites for hydroxylation is 1. The van der Waals surface area contributed by atoms with Crippen molar-refractivity contribution in [3.63, 3.8) is 0 Å². The number of hydrogen-bond acceptors (Lipinski definition) is 6. The van der Waals surface area contributed by atoms with E-state index in [1.807, 2.05) is 37.4 Å². The second kappa shape index (κ2) is 6.45. The minimum Gasteiger partial charge on any atom is -0.490 e. The summed E-state index contributed by atoms with van der Waals surface area (Å²) in [6, 6.07) is 7.68. The number of fused-ring (bicyclic) bond motifs is 2. The SMILES string of the molecule is Cc1c(OCCn2cncn2)cn2ncnc(C3C(=O)Nc4ccccc43)c12. The minimum absolute atomic E-state index is 0.0870. The molecule has 1 amide bonds. The van der Waals surface area contributed by atoms with Crippen molar-refractivity contribution in [3.05, 3.63) is 66.3 Å². The summed E-state index contributed by atoms with van der Waals surface area (Å²) in [6.45, 7) is 2.98. The second-order valence-corrected chi connectivity index (χ2v) is 6.57. The van der Waals surface area contributed by atoms with Crippen molar-refractivity contribution in [1.29, 1.82) is 0 Å². The Labute approximate surface area is 160 Å². The number of rotatable bonds is 5. The summed E-state index contributed by atoms with van der Waals surface area (Å²) in [4.78, 5) is 21.0. The zero-order chi connectivity index (χ0) is 19.1. The summed E-state index contributed by atoms with van der Waals surface area (Å²) in [5.41, 5.74) is 4.09. The summed E-state index contributed by atoms with van der Waals surface area (Å²) in [6.07, 6.45) is 6.42. The first kappa shape index (κ1) is 16.4. The fourth-order valence-electron chi connectivity index (χ4n) is 3.60. The number of ether oxygens (including phenoxy) is 1. The van der Waals surface area contributed by atoms with Gasteiger partial charge in [0.05, 0.1) is 24.0 Å². The van der Waals surface area contributed by atoms with Gasteiger partial charge in [-0.3, -0.25) is 4.79 Å². The van der Waals surface area contributed by atoms with Crippen molar-refractivity contribution >= 4 is 17.1 Å².